The van der Waals surface area contributed by atoms with Crippen LogP contribution in [-0.2, 0) is 4.79 Å². The molecule has 0 bridgehead atoms. The van der Waals surface area contributed by atoms with Crippen molar-refractivity contribution in [3.8, 4) is 5.75 Å². The van der Waals surface area contributed by atoms with Crippen molar-refractivity contribution in [3.63, 3.8) is 0 Å². The van der Waals surface area contributed by atoms with Crippen LogP contribution in [0.5, 0.6) is 5.75 Å². The Morgan fingerprint density at radius 1 is 1.14 bits per heavy atom. The van der Waals surface area contributed by atoms with E-state index in [2.05, 4.69) is 10.6 Å². The summed E-state index contributed by atoms with van der Waals surface area (Å²) in [7, 11) is 0. The SMILES string of the molecule is C[C@@H](Oc1ccccc1)C(=O)NC(=S)Nc1ccc(Cl)cc1. The van der Waals surface area contributed by atoms with Crippen LogP contribution in [0, 0.1) is 0 Å². The normalized spacial score (nSPS) is 11.4. The van der Waals surface area contributed by atoms with Crippen LogP contribution in [0.4, 0.5) is 5.69 Å². The van der Waals surface area contributed by atoms with E-state index in [9.17, 15) is 4.79 Å². The van der Waals surface area contributed by atoms with E-state index in [1.54, 1.807) is 43.3 Å². The number of carbonyl (C=O) groups is 1. The molecule has 4 nitrogen and oxygen atoms in total. The zero-order valence-corrected chi connectivity index (χ0v) is 13.4. The maximum Gasteiger partial charge on any atom is 0.266 e. The van der Waals surface area contributed by atoms with Crippen LogP contribution in [-0.4, -0.2) is 17.1 Å². The monoisotopic (exact) mass is 334 g/mol. The number of carbonyl (C=O) groups excluding carboxylic acids is 1. The van der Waals surface area contributed by atoms with Crippen molar-refractivity contribution in [2.45, 2.75) is 13.0 Å². The Morgan fingerprint density at radius 3 is 2.41 bits per heavy atom. The van der Waals surface area contributed by atoms with Crippen LogP contribution in [0.15, 0.2) is 54.6 Å². The van der Waals surface area contributed by atoms with E-state index in [1.165, 1.54) is 0 Å². The molecule has 2 aromatic carbocycles. The molecule has 0 fully saturated rings. The highest BCUT2D eigenvalue weighted by Gasteiger charge is 2.15. The van der Waals surface area contributed by atoms with Crippen molar-refractivity contribution in [2.24, 2.45) is 0 Å². The van der Waals surface area contributed by atoms with Gasteiger partial charge in [-0.1, -0.05) is 29.8 Å². The molecular formula is C16H15ClN2O2S. The molecule has 0 aliphatic rings. The molecule has 0 aromatic heterocycles. The molecular weight excluding hydrogens is 320 g/mol. The highest BCUT2D eigenvalue weighted by Crippen LogP contribution is 2.13. The van der Waals surface area contributed by atoms with Crippen LogP contribution in [0.1, 0.15) is 6.92 Å². The van der Waals surface area contributed by atoms with E-state index in [4.69, 9.17) is 28.6 Å². The summed E-state index contributed by atoms with van der Waals surface area (Å²) in [4.78, 5) is 12.0. The Morgan fingerprint density at radius 2 is 1.77 bits per heavy atom. The van der Waals surface area contributed by atoms with Crippen LogP contribution < -0.4 is 15.4 Å². The first-order valence-corrected chi connectivity index (χ1v) is 7.42. The van der Waals surface area contributed by atoms with Crippen molar-refractivity contribution in [3.05, 3.63) is 59.6 Å². The van der Waals surface area contributed by atoms with Crippen molar-refractivity contribution in [1.29, 1.82) is 0 Å². The number of ether oxygens (including phenoxy) is 1. The van der Waals surface area contributed by atoms with Gasteiger partial charge in [-0.2, -0.15) is 0 Å². The third-order valence-electron chi connectivity index (χ3n) is 2.76. The van der Waals surface area contributed by atoms with Crippen molar-refractivity contribution >= 4 is 40.5 Å². The molecule has 1 amide bonds. The van der Waals surface area contributed by atoms with E-state index in [1.807, 2.05) is 18.2 Å². The number of anilines is 1. The first-order chi connectivity index (χ1) is 10.5. The molecule has 114 valence electrons. The number of benzene rings is 2. The van der Waals surface area contributed by atoms with Gasteiger partial charge in [-0.05, 0) is 55.5 Å². The number of nitrogens with one attached hydrogen (secondary N) is 2. The molecule has 1 atom stereocenters. The Kier molecular flexibility index (Phi) is 5.75. The number of rotatable bonds is 4. The predicted molar refractivity (Wildman–Crippen MR) is 92.3 cm³/mol. The van der Waals surface area contributed by atoms with Gasteiger partial charge in [-0.3, -0.25) is 10.1 Å². The Hall–Kier alpha value is -2.11. The zero-order valence-electron chi connectivity index (χ0n) is 11.9. The number of hydrogen-bond donors (Lipinski definition) is 2. The van der Waals surface area contributed by atoms with Gasteiger partial charge in [-0.25, -0.2) is 0 Å². The molecule has 0 aliphatic carbocycles. The second kappa shape index (κ2) is 7.77. The molecule has 0 radical (unpaired) electrons. The minimum absolute atomic E-state index is 0.204. The average Bonchev–Trinajstić information content (AvgIpc) is 2.50. The molecule has 22 heavy (non-hydrogen) atoms. The summed E-state index contributed by atoms with van der Waals surface area (Å²) >= 11 is 10.9. The lowest BCUT2D eigenvalue weighted by molar-refractivity contribution is -0.125. The quantitative estimate of drug-likeness (QED) is 0.838. The maximum absolute atomic E-state index is 12.0. The van der Waals surface area contributed by atoms with Gasteiger partial charge in [0.05, 0.1) is 0 Å². The molecule has 0 heterocycles. The summed E-state index contributed by atoms with van der Waals surface area (Å²) in [6, 6.07) is 16.1. The van der Waals surface area contributed by atoms with Gasteiger partial charge in [0.15, 0.2) is 11.2 Å². The lowest BCUT2D eigenvalue weighted by atomic mass is 10.3. The van der Waals surface area contributed by atoms with Crippen LogP contribution in [0.25, 0.3) is 0 Å². The first kappa shape index (κ1) is 16.3. The topological polar surface area (TPSA) is 50.4 Å². The van der Waals surface area contributed by atoms with Crippen LogP contribution in [0.2, 0.25) is 5.02 Å². The second-order valence-corrected chi connectivity index (χ2v) is 5.37. The second-order valence-electron chi connectivity index (χ2n) is 4.52. The minimum atomic E-state index is -0.660. The molecule has 2 rings (SSSR count). The minimum Gasteiger partial charge on any atom is -0.481 e. The molecule has 0 saturated heterocycles. The molecule has 0 saturated carbocycles. The van der Waals surface area contributed by atoms with E-state index in [0.29, 0.717) is 10.8 Å². The molecule has 0 spiro atoms. The average molecular weight is 335 g/mol. The van der Waals surface area contributed by atoms with E-state index >= 15 is 0 Å². The molecule has 2 N–H and O–H groups in total. The fourth-order valence-corrected chi connectivity index (χ4v) is 2.01. The Balaban J connectivity index is 1.85. The van der Waals surface area contributed by atoms with Gasteiger partial charge >= 0.3 is 0 Å². The summed E-state index contributed by atoms with van der Waals surface area (Å²) in [5.74, 6) is 0.303. The molecule has 0 unspecified atom stereocenters. The highest BCUT2D eigenvalue weighted by molar-refractivity contribution is 7.80. The molecule has 0 aliphatic heterocycles. The Labute approximate surface area is 139 Å². The summed E-state index contributed by atoms with van der Waals surface area (Å²) < 4.78 is 5.53. The number of para-hydroxylation sites is 1. The van der Waals surface area contributed by atoms with Crippen LogP contribution >= 0.6 is 23.8 Å². The van der Waals surface area contributed by atoms with Gasteiger partial charge in [0, 0.05) is 10.7 Å². The fourth-order valence-electron chi connectivity index (χ4n) is 1.67. The summed E-state index contributed by atoms with van der Waals surface area (Å²) in [5, 5.41) is 6.32. The summed E-state index contributed by atoms with van der Waals surface area (Å²) in [5.41, 5.74) is 0.742. The van der Waals surface area contributed by atoms with E-state index in [-0.39, 0.29) is 11.0 Å². The zero-order chi connectivity index (χ0) is 15.9. The van der Waals surface area contributed by atoms with Crippen LogP contribution in [0.3, 0.4) is 0 Å². The number of hydrogen-bond acceptors (Lipinski definition) is 3. The van der Waals surface area contributed by atoms with Gasteiger partial charge in [0.2, 0.25) is 0 Å². The number of thiocarbonyl (C=S) groups is 1. The molecule has 2 aromatic rings. The Bertz CT molecular complexity index is 647. The first-order valence-electron chi connectivity index (χ1n) is 6.64. The largest absolute Gasteiger partial charge is 0.481 e. The number of amides is 1. The molecule has 6 heteroatoms. The fraction of sp³-hybridized carbons (Fsp3) is 0.125. The highest BCUT2D eigenvalue weighted by atomic mass is 35.5. The number of halogens is 1. The maximum atomic E-state index is 12.0. The van der Waals surface area contributed by atoms with E-state index in [0.717, 1.165) is 5.69 Å². The van der Waals surface area contributed by atoms with Crippen molar-refractivity contribution in [1.82, 2.24) is 5.32 Å². The third-order valence-corrected chi connectivity index (χ3v) is 3.22. The standard InChI is InChI=1S/C16H15ClN2O2S/c1-11(21-14-5-3-2-4-6-14)15(20)19-16(22)18-13-9-7-12(17)8-10-13/h2-11H,1H3,(H2,18,19,20,22)/t11-/m1/s1. The van der Waals surface area contributed by atoms with E-state index < -0.39 is 6.10 Å². The van der Waals surface area contributed by atoms with Gasteiger partial charge in [-0.15, -0.1) is 0 Å². The lowest BCUT2D eigenvalue weighted by Crippen LogP contribution is -2.42. The van der Waals surface area contributed by atoms with Gasteiger partial charge < -0.3 is 10.1 Å². The predicted octanol–water partition coefficient (Wildman–Crippen LogP) is 3.62. The lowest BCUT2D eigenvalue weighted by Gasteiger charge is -2.15. The summed E-state index contributed by atoms with van der Waals surface area (Å²) in [6.45, 7) is 1.66. The van der Waals surface area contributed by atoms with Crippen molar-refractivity contribution in [2.75, 3.05) is 5.32 Å². The third kappa shape index (κ3) is 5.02. The summed E-state index contributed by atoms with van der Waals surface area (Å²) in [6.07, 6.45) is -0.660. The van der Waals surface area contributed by atoms with Gasteiger partial charge in [0.25, 0.3) is 5.91 Å². The smallest absolute Gasteiger partial charge is 0.266 e. The van der Waals surface area contributed by atoms with Crippen molar-refractivity contribution < 1.29 is 9.53 Å². The van der Waals surface area contributed by atoms with Gasteiger partial charge in [0.1, 0.15) is 5.75 Å².